The topological polar surface area (TPSA) is 49.3 Å². The van der Waals surface area contributed by atoms with Gasteiger partial charge in [0.2, 0.25) is 0 Å². The van der Waals surface area contributed by atoms with Gasteiger partial charge in [0.15, 0.2) is 0 Å². The van der Waals surface area contributed by atoms with Crippen molar-refractivity contribution in [1.82, 2.24) is 14.9 Å². The number of aromatic nitrogens is 2. The number of aliphatic hydroxyl groups excluding tert-OH is 1. The predicted molar refractivity (Wildman–Crippen MR) is 71.1 cm³/mol. The van der Waals surface area contributed by atoms with Crippen molar-refractivity contribution in [2.75, 3.05) is 13.1 Å². The number of hydrogen-bond donors (Lipinski definition) is 1. The maximum absolute atomic E-state index is 10.5. The Morgan fingerprint density at radius 2 is 1.83 bits per heavy atom. The molecule has 0 aromatic carbocycles. The molecular formula is C14H23N3O. The van der Waals surface area contributed by atoms with Gasteiger partial charge in [0.1, 0.15) is 6.10 Å². The molecule has 4 heteroatoms. The first kappa shape index (κ1) is 13.4. The highest BCUT2D eigenvalue weighted by Gasteiger charge is 2.36. The summed E-state index contributed by atoms with van der Waals surface area (Å²) in [6.45, 7) is 6.31. The molecule has 0 spiro atoms. The lowest BCUT2D eigenvalue weighted by atomic mass is 9.92. The van der Waals surface area contributed by atoms with Gasteiger partial charge >= 0.3 is 0 Å². The molecule has 1 N–H and O–H groups in total. The quantitative estimate of drug-likeness (QED) is 0.892. The third-order valence-corrected chi connectivity index (χ3v) is 3.95. The first-order valence-electron chi connectivity index (χ1n) is 6.81. The van der Waals surface area contributed by atoms with E-state index in [0.717, 1.165) is 13.1 Å². The molecular weight excluding hydrogens is 226 g/mol. The van der Waals surface area contributed by atoms with Gasteiger partial charge in [-0.2, -0.15) is 0 Å². The Bertz CT molecular complexity index is 359. The van der Waals surface area contributed by atoms with Crippen molar-refractivity contribution in [3.05, 3.63) is 24.3 Å². The van der Waals surface area contributed by atoms with Crippen LogP contribution in [-0.2, 0) is 0 Å². The second kappa shape index (κ2) is 5.76. The molecule has 4 nitrogen and oxygen atoms in total. The van der Waals surface area contributed by atoms with Gasteiger partial charge in [-0.05, 0) is 39.8 Å². The molecule has 0 saturated carbocycles. The minimum Gasteiger partial charge on any atom is -0.385 e. The molecule has 1 unspecified atom stereocenters. The number of aliphatic hydroxyl groups is 1. The van der Waals surface area contributed by atoms with Crippen molar-refractivity contribution in [2.24, 2.45) is 0 Å². The monoisotopic (exact) mass is 249 g/mol. The lowest BCUT2D eigenvalue weighted by Crippen LogP contribution is -2.49. The summed E-state index contributed by atoms with van der Waals surface area (Å²) in [5, 5.41) is 10.5. The zero-order valence-corrected chi connectivity index (χ0v) is 11.3. The molecule has 1 aliphatic heterocycles. The van der Waals surface area contributed by atoms with Crippen LogP contribution in [0.3, 0.4) is 0 Å². The van der Waals surface area contributed by atoms with Gasteiger partial charge in [0, 0.05) is 17.9 Å². The van der Waals surface area contributed by atoms with E-state index in [9.17, 15) is 5.11 Å². The minimum absolute atomic E-state index is 0.291. The summed E-state index contributed by atoms with van der Waals surface area (Å²) in [6, 6.07) is 0. The van der Waals surface area contributed by atoms with Gasteiger partial charge in [-0.15, -0.1) is 0 Å². The molecule has 0 radical (unpaired) electrons. The van der Waals surface area contributed by atoms with Gasteiger partial charge in [-0.25, -0.2) is 0 Å². The Balaban J connectivity index is 2.13. The molecule has 1 aliphatic rings. The smallest absolute Gasteiger partial charge is 0.115 e. The molecule has 2 rings (SSSR count). The van der Waals surface area contributed by atoms with Crippen LogP contribution in [-0.4, -0.2) is 38.6 Å². The van der Waals surface area contributed by atoms with Gasteiger partial charge in [-0.3, -0.25) is 14.9 Å². The molecule has 0 bridgehead atoms. The summed E-state index contributed by atoms with van der Waals surface area (Å²) in [4.78, 5) is 10.7. The molecule has 0 aliphatic carbocycles. The van der Waals surface area contributed by atoms with Crippen LogP contribution in [0.15, 0.2) is 18.6 Å². The van der Waals surface area contributed by atoms with Crippen LogP contribution in [0.25, 0.3) is 0 Å². The van der Waals surface area contributed by atoms with Crippen molar-refractivity contribution < 1.29 is 5.11 Å². The summed E-state index contributed by atoms with van der Waals surface area (Å²) in [7, 11) is 0. The van der Waals surface area contributed by atoms with E-state index < -0.39 is 6.10 Å². The predicted octanol–water partition coefficient (Wildman–Crippen LogP) is 2.16. The minimum atomic E-state index is -0.593. The van der Waals surface area contributed by atoms with Crippen LogP contribution in [0, 0.1) is 0 Å². The molecule has 1 atom stereocenters. The Morgan fingerprint density at radius 3 is 2.39 bits per heavy atom. The van der Waals surface area contributed by atoms with E-state index in [-0.39, 0.29) is 5.54 Å². The van der Waals surface area contributed by atoms with Crippen molar-refractivity contribution >= 4 is 0 Å². The van der Waals surface area contributed by atoms with E-state index >= 15 is 0 Å². The van der Waals surface area contributed by atoms with Crippen molar-refractivity contribution in [3.8, 4) is 0 Å². The summed E-state index contributed by atoms with van der Waals surface area (Å²) < 4.78 is 0. The third kappa shape index (κ3) is 2.87. The van der Waals surface area contributed by atoms with Crippen LogP contribution in [0.4, 0.5) is 0 Å². The van der Waals surface area contributed by atoms with Gasteiger partial charge in [-0.1, -0.05) is 12.8 Å². The van der Waals surface area contributed by atoms with Crippen LogP contribution in [0.5, 0.6) is 0 Å². The second-order valence-corrected chi connectivity index (χ2v) is 5.59. The zero-order valence-electron chi connectivity index (χ0n) is 11.3. The van der Waals surface area contributed by atoms with E-state index in [1.165, 1.54) is 25.7 Å². The fourth-order valence-corrected chi connectivity index (χ4v) is 2.63. The third-order valence-electron chi connectivity index (χ3n) is 3.95. The number of rotatable bonds is 3. The molecule has 18 heavy (non-hydrogen) atoms. The molecule has 100 valence electrons. The van der Waals surface area contributed by atoms with Crippen LogP contribution in [0.1, 0.15) is 51.3 Å². The van der Waals surface area contributed by atoms with E-state index in [2.05, 4.69) is 28.7 Å². The van der Waals surface area contributed by atoms with Crippen molar-refractivity contribution in [2.45, 2.75) is 51.2 Å². The van der Waals surface area contributed by atoms with Crippen LogP contribution >= 0.6 is 0 Å². The van der Waals surface area contributed by atoms with Crippen LogP contribution < -0.4 is 0 Å². The highest BCUT2D eigenvalue weighted by Crippen LogP contribution is 2.31. The molecule has 1 saturated heterocycles. The molecule has 1 fully saturated rings. The molecule has 0 amide bonds. The average Bonchev–Trinajstić information content (AvgIpc) is 2.68. The summed E-state index contributed by atoms with van der Waals surface area (Å²) >= 11 is 0. The van der Waals surface area contributed by atoms with Crippen molar-refractivity contribution in [3.63, 3.8) is 0 Å². The highest BCUT2D eigenvalue weighted by atomic mass is 16.3. The van der Waals surface area contributed by atoms with Gasteiger partial charge in [0.25, 0.3) is 0 Å². The number of likely N-dealkylation sites (tertiary alicyclic amines) is 1. The van der Waals surface area contributed by atoms with Gasteiger partial charge < -0.3 is 5.11 Å². The SMILES string of the molecule is CC(C)(C(O)c1cnccn1)N1CCCCCC1. The fourth-order valence-electron chi connectivity index (χ4n) is 2.63. The Labute approximate surface area is 109 Å². The summed E-state index contributed by atoms with van der Waals surface area (Å²) in [5.41, 5.74) is 0.368. The first-order valence-corrected chi connectivity index (χ1v) is 6.81. The largest absolute Gasteiger partial charge is 0.385 e. The average molecular weight is 249 g/mol. The van der Waals surface area contributed by atoms with Gasteiger partial charge in [0.05, 0.1) is 11.9 Å². The normalized spacial score (nSPS) is 20.4. The van der Waals surface area contributed by atoms with Crippen molar-refractivity contribution in [1.29, 1.82) is 0 Å². The van der Waals surface area contributed by atoms with E-state index in [1.54, 1.807) is 18.6 Å². The number of hydrogen-bond acceptors (Lipinski definition) is 4. The fraction of sp³-hybridized carbons (Fsp3) is 0.714. The second-order valence-electron chi connectivity index (χ2n) is 5.59. The Morgan fingerprint density at radius 1 is 1.17 bits per heavy atom. The first-order chi connectivity index (χ1) is 8.62. The lowest BCUT2D eigenvalue weighted by Gasteiger charge is -2.41. The lowest BCUT2D eigenvalue weighted by molar-refractivity contribution is -0.0125. The Kier molecular flexibility index (Phi) is 4.30. The van der Waals surface area contributed by atoms with E-state index in [0.29, 0.717) is 5.69 Å². The zero-order chi connectivity index (χ0) is 13.0. The maximum Gasteiger partial charge on any atom is 0.115 e. The molecule has 1 aromatic rings. The number of nitrogens with zero attached hydrogens (tertiary/aromatic N) is 3. The van der Waals surface area contributed by atoms with E-state index in [1.807, 2.05) is 0 Å². The summed E-state index contributed by atoms with van der Waals surface area (Å²) in [6.07, 6.45) is 9.37. The molecule has 2 heterocycles. The maximum atomic E-state index is 10.5. The standard InChI is InChI=1S/C14H23N3O/c1-14(2,17-9-5-3-4-6-10-17)13(18)12-11-15-7-8-16-12/h7-8,11,13,18H,3-6,9-10H2,1-2H3. The Hall–Kier alpha value is -1.00. The summed E-state index contributed by atoms with van der Waals surface area (Å²) in [5.74, 6) is 0. The van der Waals surface area contributed by atoms with E-state index in [4.69, 9.17) is 0 Å². The highest BCUT2D eigenvalue weighted by molar-refractivity contribution is 5.07. The molecule has 1 aromatic heterocycles. The van der Waals surface area contributed by atoms with Crippen LogP contribution in [0.2, 0.25) is 0 Å².